The van der Waals surface area contributed by atoms with E-state index < -0.39 is 36.3 Å². The highest BCUT2D eigenvalue weighted by Crippen LogP contribution is 2.28. The van der Waals surface area contributed by atoms with E-state index in [1.807, 2.05) is 0 Å². The molecule has 1 aliphatic rings. The Morgan fingerprint density at radius 2 is 1.70 bits per heavy atom. The fraction of sp³-hybridized carbons (Fsp3) is 0.450. The molecule has 2 amide bonds. The van der Waals surface area contributed by atoms with Gasteiger partial charge in [0.1, 0.15) is 5.56 Å². The zero-order valence-corrected chi connectivity index (χ0v) is 18.0. The maximum atomic E-state index is 12.7. The summed E-state index contributed by atoms with van der Waals surface area (Å²) < 4.78 is 49.3. The van der Waals surface area contributed by atoms with E-state index in [0.717, 1.165) is 12.1 Å². The van der Waals surface area contributed by atoms with Crippen molar-refractivity contribution in [3.8, 4) is 5.82 Å². The number of pyridine rings is 1. The highest BCUT2D eigenvalue weighted by atomic mass is 19.4. The lowest BCUT2D eigenvalue weighted by Gasteiger charge is -2.33. The summed E-state index contributed by atoms with van der Waals surface area (Å²) in [6.45, 7) is 4.18. The van der Waals surface area contributed by atoms with E-state index >= 15 is 0 Å². The van der Waals surface area contributed by atoms with Gasteiger partial charge in [-0.15, -0.1) is 0 Å². The number of esters is 1. The van der Waals surface area contributed by atoms with Gasteiger partial charge in [-0.05, 0) is 26.0 Å². The van der Waals surface area contributed by atoms with Gasteiger partial charge in [0.2, 0.25) is 0 Å². The summed E-state index contributed by atoms with van der Waals surface area (Å²) in [4.78, 5) is 43.2. The summed E-state index contributed by atoms with van der Waals surface area (Å²) in [7, 11) is 0. The van der Waals surface area contributed by atoms with Gasteiger partial charge in [0, 0.05) is 32.4 Å². The molecule has 1 fully saturated rings. The molecule has 0 aromatic carbocycles. The molecular formula is C20H22F3N5O5. The average molecular weight is 469 g/mol. The minimum Gasteiger partial charge on any atom is -0.452 e. The number of hydrogen-bond donors (Lipinski definition) is 0. The van der Waals surface area contributed by atoms with Gasteiger partial charge in [-0.3, -0.25) is 4.79 Å². The van der Waals surface area contributed by atoms with Crippen molar-refractivity contribution in [2.24, 2.45) is 0 Å². The monoisotopic (exact) mass is 469 g/mol. The molecule has 1 aliphatic heterocycles. The molecule has 0 spiro atoms. The Labute approximate surface area is 186 Å². The normalized spacial score (nSPS) is 14.2. The summed E-state index contributed by atoms with van der Waals surface area (Å²) in [5.41, 5.74) is -0.559. The Balaban J connectivity index is 1.56. The molecule has 0 radical (unpaired) electrons. The van der Waals surface area contributed by atoms with Gasteiger partial charge in [-0.2, -0.15) is 18.3 Å². The molecule has 0 saturated carbocycles. The SMILES string of the molecule is CCOC(=O)N1CCN(C(=O)COC(=O)c2cnn(-c3ccc(C(F)(F)F)cn3)c2C)CC1. The van der Waals surface area contributed by atoms with Crippen LogP contribution >= 0.6 is 0 Å². The van der Waals surface area contributed by atoms with Crippen molar-refractivity contribution in [1.29, 1.82) is 0 Å². The number of rotatable bonds is 5. The molecule has 0 N–H and O–H groups in total. The summed E-state index contributed by atoms with van der Waals surface area (Å²) >= 11 is 0. The van der Waals surface area contributed by atoms with E-state index in [1.165, 1.54) is 27.6 Å². The molecule has 1 saturated heterocycles. The van der Waals surface area contributed by atoms with Crippen LogP contribution in [-0.4, -0.2) is 81.9 Å². The van der Waals surface area contributed by atoms with Crippen LogP contribution in [-0.2, 0) is 20.4 Å². The van der Waals surface area contributed by atoms with Crippen molar-refractivity contribution >= 4 is 18.0 Å². The van der Waals surface area contributed by atoms with Crippen LogP contribution in [0.25, 0.3) is 5.82 Å². The molecule has 3 heterocycles. The van der Waals surface area contributed by atoms with Crippen molar-refractivity contribution in [3.05, 3.63) is 41.3 Å². The molecular weight excluding hydrogens is 447 g/mol. The Bertz CT molecular complexity index is 1010. The molecule has 13 heteroatoms. The van der Waals surface area contributed by atoms with Crippen LogP contribution in [0.3, 0.4) is 0 Å². The first-order valence-electron chi connectivity index (χ1n) is 10.1. The average Bonchev–Trinajstić information content (AvgIpc) is 3.18. The van der Waals surface area contributed by atoms with Gasteiger partial charge in [0.25, 0.3) is 5.91 Å². The molecule has 3 rings (SSSR count). The first-order chi connectivity index (χ1) is 15.6. The van der Waals surface area contributed by atoms with Gasteiger partial charge in [0.05, 0.1) is 24.1 Å². The lowest BCUT2D eigenvalue weighted by molar-refractivity contribution is -0.138. The van der Waals surface area contributed by atoms with Crippen molar-refractivity contribution in [1.82, 2.24) is 24.6 Å². The quantitative estimate of drug-likeness (QED) is 0.617. The van der Waals surface area contributed by atoms with Crippen LogP contribution in [0.1, 0.15) is 28.5 Å². The molecule has 10 nitrogen and oxygen atoms in total. The highest BCUT2D eigenvalue weighted by molar-refractivity contribution is 5.92. The van der Waals surface area contributed by atoms with Crippen LogP contribution in [0, 0.1) is 6.92 Å². The molecule has 0 atom stereocenters. The van der Waals surface area contributed by atoms with Gasteiger partial charge in [-0.25, -0.2) is 19.3 Å². The molecule has 178 valence electrons. The molecule has 2 aromatic rings. The van der Waals surface area contributed by atoms with E-state index in [1.54, 1.807) is 6.92 Å². The van der Waals surface area contributed by atoms with E-state index in [0.29, 0.717) is 25.0 Å². The number of alkyl halides is 3. The molecule has 33 heavy (non-hydrogen) atoms. The van der Waals surface area contributed by atoms with E-state index in [9.17, 15) is 27.6 Å². The largest absolute Gasteiger partial charge is 0.452 e. The van der Waals surface area contributed by atoms with Gasteiger partial charge in [0.15, 0.2) is 12.4 Å². The second-order valence-electron chi connectivity index (χ2n) is 7.10. The summed E-state index contributed by atoms with van der Waals surface area (Å²) in [6.07, 6.45) is -3.09. The number of carbonyl (C=O) groups is 3. The standard InChI is InChI=1S/C20H22F3N5O5/c1-3-32-19(31)27-8-6-26(7-9-27)17(29)12-33-18(30)15-11-25-28(13(15)2)16-5-4-14(10-24-16)20(21,22)23/h4-5,10-11H,3,6-9,12H2,1-2H3. The van der Waals surface area contributed by atoms with Crippen molar-refractivity contribution in [2.75, 3.05) is 39.4 Å². The maximum absolute atomic E-state index is 12.7. The van der Waals surface area contributed by atoms with Gasteiger partial charge >= 0.3 is 18.2 Å². The molecule has 2 aromatic heterocycles. The fourth-order valence-electron chi connectivity index (χ4n) is 3.17. The molecule has 0 bridgehead atoms. The first kappa shape index (κ1) is 24.0. The number of piperazine rings is 1. The Hall–Kier alpha value is -3.64. The third-order valence-electron chi connectivity index (χ3n) is 5.01. The van der Waals surface area contributed by atoms with E-state index in [2.05, 4.69) is 10.1 Å². The number of hydrogen-bond acceptors (Lipinski definition) is 7. The van der Waals surface area contributed by atoms with Crippen LogP contribution < -0.4 is 0 Å². The number of halogens is 3. The topological polar surface area (TPSA) is 107 Å². The molecule has 0 aliphatic carbocycles. The zero-order valence-electron chi connectivity index (χ0n) is 18.0. The third kappa shape index (κ3) is 5.59. The third-order valence-corrected chi connectivity index (χ3v) is 5.01. The number of aromatic nitrogens is 3. The zero-order chi connectivity index (χ0) is 24.2. The van der Waals surface area contributed by atoms with Crippen molar-refractivity contribution in [2.45, 2.75) is 20.0 Å². The number of carbonyl (C=O) groups excluding carboxylic acids is 3. The van der Waals surface area contributed by atoms with Crippen LogP contribution in [0.5, 0.6) is 0 Å². The lowest BCUT2D eigenvalue weighted by atomic mass is 10.2. The highest BCUT2D eigenvalue weighted by Gasteiger charge is 2.31. The summed E-state index contributed by atoms with van der Waals surface area (Å²) in [5.74, 6) is -1.12. The summed E-state index contributed by atoms with van der Waals surface area (Å²) in [6, 6.07) is 2.00. The second-order valence-corrected chi connectivity index (χ2v) is 7.10. The van der Waals surface area contributed by atoms with E-state index in [4.69, 9.17) is 9.47 Å². The van der Waals surface area contributed by atoms with Gasteiger partial charge in [-0.1, -0.05) is 0 Å². The number of ether oxygens (including phenoxy) is 2. The predicted octanol–water partition coefficient (Wildman–Crippen LogP) is 2.05. The Morgan fingerprint density at radius 3 is 2.27 bits per heavy atom. The number of amides is 2. The van der Waals surface area contributed by atoms with Crippen LogP contribution in [0.15, 0.2) is 24.5 Å². The minimum absolute atomic E-state index is 0.0524. The first-order valence-corrected chi connectivity index (χ1v) is 10.1. The summed E-state index contributed by atoms with van der Waals surface area (Å²) in [5, 5.41) is 3.98. The predicted molar refractivity (Wildman–Crippen MR) is 107 cm³/mol. The Morgan fingerprint density at radius 1 is 1.03 bits per heavy atom. The molecule has 0 unspecified atom stereocenters. The van der Waals surface area contributed by atoms with Crippen molar-refractivity contribution < 1.29 is 37.0 Å². The lowest BCUT2D eigenvalue weighted by Crippen LogP contribution is -2.51. The van der Waals surface area contributed by atoms with Crippen molar-refractivity contribution in [3.63, 3.8) is 0 Å². The van der Waals surface area contributed by atoms with E-state index in [-0.39, 0.29) is 31.1 Å². The number of nitrogens with zero attached hydrogens (tertiary/aromatic N) is 5. The van der Waals surface area contributed by atoms with Crippen LogP contribution in [0.2, 0.25) is 0 Å². The van der Waals surface area contributed by atoms with Crippen LogP contribution in [0.4, 0.5) is 18.0 Å². The smallest absolute Gasteiger partial charge is 0.417 e. The van der Waals surface area contributed by atoms with Gasteiger partial charge < -0.3 is 19.3 Å². The fourth-order valence-corrected chi connectivity index (χ4v) is 3.17. The minimum atomic E-state index is -4.52. The second kappa shape index (κ2) is 9.88. The maximum Gasteiger partial charge on any atom is 0.417 e. The Kier molecular flexibility index (Phi) is 7.19.